The Morgan fingerprint density at radius 2 is 1.53 bits per heavy atom. The summed E-state index contributed by atoms with van der Waals surface area (Å²) in [5, 5.41) is 3.27. The van der Waals surface area contributed by atoms with Crippen LogP contribution in [0.25, 0.3) is 5.70 Å². The molecule has 2 aromatic rings. The highest BCUT2D eigenvalue weighted by Crippen LogP contribution is 2.39. The summed E-state index contributed by atoms with van der Waals surface area (Å²) in [5.41, 5.74) is 3.78. The van der Waals surface area contributed by atoms with Gasteiger partial charge in [-0.15, -0.1) is 0 Å². The van der Waals surface area contributed by atoms with E-state index in [1.165, 1.54) is 16.8 Å². The molecule has 0 aliphatic carbocycles. The van der Waals surface area contributed by atoms with E-state index < -0.39 is 0 Å². The van der Waals surface area contributed by atoms with E-state index in [2.05, 4.69) is 65.4 Å². The van der Waals surface area contributed by atoms with Crippen molar-refractivity contribution < 1.29 is 0 Å². The van der Waals surface area contributed by atoms with Crippen LogP contribution in [0.4, 0.5) is 0 Å². The Kier molecular flexibility index (Phi) is 3.43. The van der Waals surface area contributed by atoms with E-state index in [-0.39, 0.29) is 0 Å². The molecule has 0 bridgehead atoms. The molecule has 2 aromatic carbocycles. The van der Waals surface area contributed by atoms with Crippen LogP contribution in [-0.2, 0) is 6.54 Å². The summed E-state index contributed by atoms with van der Waals surface area (Å²) >= 11 is 1.70. The van der Waals surface area contributed by atoms with E-state index >= 15 is 0 Å². The molecule has 94 valence electrons. The van der Waals surface area contributed by atoms with Gasteiger partial charge in [0.25, 0.3) is 0 Å². The standard InChI is InChI=1S/C17H15NS/c1-14-18(12-15-8-4-2-5-9-15)17(13-19-14)16-10-6-3-7-11-16/h2-11,13H,1,12H2. The normalized spacial score (nSPS) is 14.6. The van der Waals surface area contributed by atoms with Gasteiger partial charge in [0, 0.05) is 12.0 Å². The predicted molar refractivity (Wildman–Crippen MR) is 83.1 cm³/mol. The lowest BCUT2D eigenvalue weighted by molar-refractivity contribution is 0.522. The van der Waals surface area contributed by atoms with Crippen LogP contribution in [0.15, 0.2) is 77.7 Å². The van der Waals surface area contributed by atoms with E-state index in [1.807, 2.05) is 12.1 Å². The number of hydrogen-bond donors (Lipinski definition) is 0. The zero-order chi connectivity index (χ0) is 13.1. The highest BCUT2D eigenvalue weighted by atomic mass is 32.2. The molecule has 0 amide bonds. The zero-order valence-electron chi connectivity index (χ0n) is 10.6. The minimum Gasteiger partial charge on any atom is -0.331 e. The fourth-order valence-electron chi connectivity index (χ4n) is 2.16. The topological polar surface area (TPSA) is 3.24 Å². The zero-order valence-corrected chi connectivity index (χ0v) is 11.4. The molecule has 1 aliphatic rings. The number of hydrogen-bond acceptors (Lipinski definition) is 2. The average molecular weight is 265 g/mol. The van der Waals surface area contributed by atoms with Gasteiger partial charge >= 0.3 is 0 Å². The lowest BCUT2D eigenvalue weighted by atomic mass is 10.1. The SMILES string of the molecule is C=C1SC=C(c2ccccc2)N1Cc1ccccc1. The van der Waals surface area contributed by atoms with Gasteiger partial charge in [-0.25, -0.2) is 0 Å². The molecule has 0 atom stereocenters. The average Bonchev–Trinajstić information content (AvgIpc) is 2.82. The van der Waals surface area contributed by atoms with E-state index in [1.54, 1.807) is 11.8 Å². The molecule has 0 spiro atoms. The lowest BCUT2D eigenvalue weighted by Crippen LogP contribution is -2.15. The molecule has 1 nitrogen and oxygen atoms in total. The Bertz CT molecular complexity index is 602. The lowest BCUT2D eigenvalue weighted by Gasteiger charge is -2.23. The van der Waals surface area contributed by atoms with Crippen molar-refractivity contribution in [3.63, 3.8) is 0 Å². The van der Waals surface area contributed by atoms with Gasteiger partial charge in [0.05, 0.1) is 10.7 Å². The van der Waals surface area contributed by atoms with Gasteiger partial charge in [-0.1, -0.05) is 79.0 Å². The number of rotatable bonds is 3. The van der Waals surface area contributed by atoms with E-state index in [0.29, 0.717) is 0 Å². The second-order valence-electron chi connectivity index (χ2n) is 4.45. The summed E-state index contributed by atoms with van der Waals surface area (Å²) in [7, 11) is 0. The van der Waals surface area contributed by atoms with Gasteiger partial charge in [0.1, 0.15) is 0 Å². The third-order valence-corrected chi connectivity index (χ3v) is 3.99. The minimum absolute atomic E-state index is 0.868. The molecule has 0 radical (unpaired) electrons. The van der Waals surface area contributed by atoms with Crippen molar-refractivity contribution in [1.29, 1.82) is 0 Å². The van der Waals surface area contributed by atoms with Crippen LogP contribution in [0.1, 0.15) is 11.1 Å². The predicted octanol–water partition coefficient (Wildman–Crippen LogP) is 4.71. The van der Waals surface area contributed by atoms with Crippen molar-refractivity contribution in [3.8, 4) is 0 Å². The van der Waals surface area contributed by atoms with Crippen molar-refractivity contribution >= 4 is 17.5 Å². The molecule has 19 heavy (non-hydrogen) atoms. The van der Waals surface area contributed by atoms with Crippen LogP contribution >= 0.6 is 11.8 Å². The summed E-state index contributed by atoms with van der Waals surface area (Å²) in [6.07, 6.45) is 0. The Morgan fingerprint density at radius 1 is 0.895 bits per heavy atom. The van der Waals surface area contributed by atoms with Crippen molar-refractivity contribution in [2.24, 2.45) is 0 Å². The molecule has 0 N–H and O–H groups in total. The molecular weight excluding hydrogens is 250 g/mol. The number of benzene rings is 2. The van der Waals surface area contributed by atoms with E-state index in [9.17, 15) is 0 Å². The molecule has 0 unspecified atom stereocenters. The number of nitrogens with zero attached hydrogens (tertiary/aromatic N) is 1. The summed E-state index contributed by atoms with van der Waals surface area (Å²) in [4.78, 5) is 2.27. The van der Waals surface area contributed by atoms with E-state index in [0.717, 1.165) is 11.6 Å². The molecule has 1 aliphatic heterocycles. The largest absolute Gasteiger partial charge is 0.331 e. The second-order valence-corrected chi connectivity index (χ2v) is 5.40. The molecular formula is C17H15NS. The Hall–Kier alpha value is -1.93. The van der Waals surface area contributed by atoms with Crippen molar-refractivity contribution in [1.82, 2.24) is 4.90 Å². The van der Waals surface area contributed by atoms with Crippen LogP contribution in [0, 0.1) is 0 Å². The maximum Gasteiger partial charge on any atom is 0.0725 e. The smallest absolute Gasteiger partial charge is 0.0725 e. The van der Waals surface area contributed by atoms with Crippen molar-refractivity contribution in [2.75, 3.05) is 0 Å². The highest BCUT2D eigenvalue weighted by molar-refractivity contribution is 8.06. The van der Waals surface area contributed by atoms with Gasteiger partial charge in [-0.05, 0) is 11.1 Å². The maximum absolute atomic E-state index is 4.14. The van der Waals surface area contributed by atoms with E-state index in [4.69, 9.17) is 0 Å². The highest BCUT2D eigenvalue weighted by Gasteiger charge is 2.20. The van der Waals surface area contributed by atoms with Crippen LogP contribution < -0.4 is 0 Å². The van der Waals surface area contributed by atoms with Gasteiger partial charge in [-0.2, -0.15) is 0 Å². The molecule has 0 aromatic heterocycles. The minimum atomic E-state index is 0.868. The molecule has 2 heteroatoms. The first-order chi connectivity index (χ1) is 9.34. The summed E-state index contributed by atoms with van der Waals surface area (Å²) in [6, 6.07) is 21.0. The summed E-state index contributed by atoms with van der Waals surface area (Å²) in [5.74, 6) is 0. The van der Waals surface area contributed by atoms with Gasteiger partial charge in [0.15, 0.2) is 0 Å². The quantitative estimate of drug-likeness (QED) is 0.791. The Balaban J connectivity index is 1.87. The van der Waals surface area contributed by atoms with Crippen LogP contribution in [-0.4, -0.2) is 4.90 Å². The van der Waals surface area contributed by atoms with Gasteiger partial charge in [0.2, 0.25) is 0 Å². The molecule has 0 saturated carbocycles. The van der Waals surface area contributed by atoms with Gasteiger partial charge < -0.3 is 4.90 Å². The Morgan fingerprint density at radius 3 is 2.21 bits per heavy atom. The molecule has 1 heterocycles. The summed E-state index contributed by atoms with van der Waals surface area (Å²) in [6.45, 7) is 5.01. The third-order valence-electron chi connectivity index (χ3n) is 3.15. The van der Waals surface area contributed by atoms with Crippen LogP contribution in [0.3, 0.4) is 0 Å². The first-order valence-electron chi connectivity index (χ1n) is 6.27. The maximum atomic E-state index is 4.14. The van der Waals surface area contributed by atoms with Crippen LogP contribution in [0.5, 0.6) is 0 Å². The fraction of sp³-hybridized carbons (Fsp3) is 0.0588. The molecule has 0 fully saturated rings. The van der Waals surface area contributed by atoms with Crippen molar-refractivity contribution in [3.05, 3.63) is 88.8 Å². The molecule has 3 rings (SSSR count). The first-order valence-corrected chi connectivity index (χ1v) is 7.15. The van der Waals surface area contributed by atoms with Crippen LogP contribution in [0.2, 0.25) is 0 Å². The van der Waals surface area contributed by atoms with Crippen molar-refractivity contribution in [2.45, 2.75) is 6.54 Å². The van der Waals surface area contributed by atoms with Gasteiger partial charge in [-0.3, -0.25) is 0 Å². The third kappa shape index (κ3) is 2.59. The fourth-order valence-corrected chi connectivity index (χ4v) is 2.96. The Labute approximate surface area is 118 Å². The number of thioether (sulfide) groups is 1. The monoisotopic (exact) mass is 265 g/mol. The molecule has 0 saturated heterocycles. The second kappa shape index (κ2) is 5.37. The first kappa shape index (κ1) is 12.1. The summed E-state index contributed by atoms with van der Waals surface area (Å²) < 4.78 is 0.